The molecule has 24 heavy (non-hydrogen) atoms. The Morgan fingerprint density at radius 1 is 1.08 bits per heavy atom. The van der Waals surface area contributed by atoms with Crippen molar-refractivity contribution in [2.75, 3.05) is 26.2 Å². The zero-order valence-corrected chi connectivity index (χ0v) is 14.1. The molecule has 1 aliphatic carbocycles. The SMILES string of the molecule is O=C(COc1ccccc1)NCC(=O)N1CC[C@@H]2CCCC[C@@H]2C1. The van der Waals surface area contributed by atoms with Crippen LogP contribution in [-0.2, 0) is 9.59 Å². The van der Waals surface area contributed by atoms with Gasteiger partial charge in [0.05, 0.1) is 6.54 Å². The second-order valence-electron chi connectivity index (χ2n) is 6.81. The number of hydrogen-bond acceptors (Lipinski definition) is 3. The van der Waals surface area contributed by atoms with Gasteiger partial charge in [-0.15, -0.1) is 0 Å². The molecule has 5 nitrogen and oxygen atoms in total. The van der Waals surface area contributed by atoms with Crippen molar-refractivity contribution in [2.24, 2.45) is 11.8 Å². The number of fused-ring (bicyclic) bond motifs is 1. The summed E-state index contributed by atoms with van der Waals surface area (Å²) in [6.45, 7) is 1.69. The van der Waals surface area contributed by atoms with E-state index in [0.717, 1.165) is 25.4 Å². The Balaban J connectivity index is 1.38. The lowest BCUT2D eigenvalue weighted by Gasteiger charge is -2.41. The second-order valence-corrected chi connectivity index (χ2v) is 6.81. The maximum absolute atomic E-state index is 12.3. The maximum atomic E-state index is 12.3. The highest BCUT2D eigenvalue weighted by molar-refractivity contribution is 5.85. The van der Waals surface area contributed by atoms with Gasteiger partial charge in [0.1, 0.15) is 5.75 Å². The molecule has 1 aliphatic heterocycles. The number of benzene rings is 1. The lowest BCUT2D eigenvalue weighted by atomic mass is 9.75. The van der Waals surface area contributed by atoms with Crippen LogP contribution in [0.25, 0.3) is 0 Å². The van der Waals surface area contributed by atoms with Crippen molar-refractivity contribution in [2.45, 2.75) is 32.1 Å². The zero-order valence-electron chi connectivity index (χ0n) is 14.1. The number of carbonyl (C=O) groups excluding carboxylic acids is 2. The van der Waals surface area contributed by atoms with Gasteiger partial charge in [0.25, 0.3) is 5.91 Å². The lowest BCUT2D eigenvalue weighted by molar-refractivity contribution is -0.135. The highest BCUT2D eigenvalue weighted by Gasteiger charge is 2.32. The smallest absolute Gasteiger partial charge is 0.258 e. The van der Waals surface area contributed by atoms with E-state index >= 15 is 0 Å². The number of ether oxygens (including phenoxy) is 1. The van der Waals surface area contributed by atoms with Crippen molar-refractivity contribution in [1.82, 2.24) is 10.2 Å². The first-order chi connectivity index (χ1) is 11.7. The van der Waals surface area contributed by atoms with Crippen molar-refractivity contribution in [3.63, 3.8) is 0 Å². The quantitative estimate of drug-likeness (QED) is 0.900. The number of para-hydroxylation sites is 1. The normalized spacial score (nSPS) is 23.2. The van der Waals surface area contributed by atoms with E-state index in [0.29, 0.717) is 11.7 Å². The molecule has 130 valence electrons. The first-order valence-corrected chi connectivity index (χ1v) is 8.94. The molecular weight excluding hydrogens is 304 g/mol. The molecule has 0 aromatic heterocycles. The molecule has 0 spiro atoms. The van der Waals surface area contributed by atoms with Crippen molar-refractivity contribution >= 4 is 11.8 Å². The molecule has 0 unspecified atom stereocenters. The monoisotopic (exact) mass is 330 g/mol. The molecule has 2 atom stereocenters. The Labute approximate surface area is 143 Å². The van der Waals surface area contributed by atoms with Crippen LogP contribution in [0.2, 0.25) is 0 Å². The summed E-state index contributed by atoms with van der Waals surface area (Å²) in [4.78, 5) is 26.1. The van der Waals surface area contributed by atoms with E-state index in [2.05, 4.69) is 5.32 Å². The summed E-state index contributed by atoms with van der Waals surface area (Å²) >= 11 is 0. The Morgan fingerprint density at radius 3 is 2.62 bits per heavy atom. The first-order valence-electron chi connectivity index (χ1n) is 8.94. The molecule has 1 heterocycles. The summed E-state index contributed by atoms with van der Waals surface area (Å²) in [5, 5.41) is 2.67. The van der Waals surface area contributed by atoms with Crippen LogP contribution in [0.5, 0.6) is 5.75 Å². The fourth-order valence-corrected chi connectivity index (χ4v) is 3.83. The number of hydrogen-bond donors (Lipinski definition) is 1. The minimum absolute atomic E-state index is 0.0204. The molecule has 1 saturated carbocycles. The minimum atomic E-state index is -0.264. The fourth-order valence-electron chi connectivity index (χ4n) is 3.83. The predicted molar refractivity (Wildman–Crippen MR) is 91.6 cm³/mol. The minimum Gasteiger partial charge on any atom is -0.484 e. The van der Waals surface area contributed by atoms with Crippen LogP contribution in [0.15, 0.2) is 30.3 Å². The van der Waals surface area contributed by atoms with E-state index in [9.17, 15) is 9.59 Å². The van der Waals surface area contributed by atoms with Crippen LogP contribution in [0.1, 0.15) is 32.1 Å². The van der Waals surface area contributed by atoms with Gasteiger partial charge < -0.3 is 15.0 Å². The Bertz CT molecular complexity index is 561. The highest BCUT2D eigenvalue weighted by atomic mass is 16.5. The molecule has 2 aliphatic rings. The van der Waals surface area contributed by atoms with Gasteiger partial charge in [0.15, 0.2) is 6.61 Å². The molecule has 0 radical (unpaired) electrons. The van der Waals surface area contributed by atoms with Crippen LogP contribution in [0.3, 0.4) is 0 Å². The number of likely N-dealkylation sites (tertiary alicyclic amines) is 1. The van der Waals surface area contributed by atoms with E-state index in [4.69, 9.17) is 4.74 Å². The third kappa shape index (κ3) is 4.49. The van der Waals surface area contributed by atoms with Crippen LogP contribution < -0.4 is 10.1 Å². The van der Waals surface area contributed by atoms with Crippen molar-refractivity contribution in [1.29, 1.82) is 0 Å². The summed E-state index contributed by atoms with van der Waals surface area (Å²) in [6, 6.07) is 9.19. The van der Waals surface area contributed by atoms with E-state index in [1.807, 2.05) is 23.1 Å². The maximum Gasteiger partial charge on any atom is 0.258 e. The number of piperidine rings is 1. The van der Waals surface area contributed by atoms with Crippen molar-refractivity contribution in [3.8, 4) is 5.75 Å². The topological polar surface area (TPSA) is 58.6 Å². The molecule has 1 N–H and O–H groups in total. The van der Waals surface area contributed by atoms with Gasteiger partial charge in [-0.3, -0.25) is 9.59 Å². The van der Waals surface area contributed by atoms with Gasteiger partial charge >= 0.3 is 0 Å². The zero-order chi connectivity index (χ0) is 16.8. The predicted octanol–water partition coefficient (Wildman–Crippen LogP) is 2.22. The van der Waals surface area contributed by atoms with E-state index in [1.165, 1.54) is 25.7 Å². The third-order valence-corrected chi connectivity index (χ3v) is 5.19. The fraction of sp³-hybridized carbons (Fsp3) is 0.579. The average molecular weight is 330 g/mol. The van der Waals surface area contributed by atoms with Crippen LogP contribution in [-0.4, -0.2) is 43.0 Å². The third-order valence-electron chi connectivity index (χ3n) is 5.19. The molecule has 1 aromatic carbocycles. The summed E-state index contributed by atoms with van der Waals surface area (Å²) in [5.41, 5.74) is 0. The van der Waals surface area contributed by atoms with Crippen LogP contribution in [0, 0.1) is 11.8 Å². The average Bonchev–Trinajstić information content (AvgIpc) is 2.65. The molecule has 2 fully saturated rings. The van der Waals surface area contributed by atoms with Gasteiger partial charge in [-0.05, 0) is 36.8 Å². The summed E-state index contributed by atoms with van der Waals surface area (Å²) in [5.74, 6) is 1.87. The van der Waals surface area contributed by atoms with Gasteiger partial charge in [-0.1, -0.05) is 37.5 Å². The lowest BCUT2D eigenvalue weighted by Crippen LogP contribution is -2.48. The van der Waals surface area contributed by atoms with Gasteiger partial charge in [0, 0.05) is 13.1 Å². The number of nitrogens with zero attached hydrogens (tertiary/aromatic N) is 1. The van der Waals surface area contributed by atoms with Gasteiger partial charge in [-0.2, -0.15) is 0 Å². The van der Waals surface area contributed by atoms with E-state index < -0.39 is 0 Å². The Morgan fingerprint density at radius 2 is 1.83 bits per heavy atom. The van der Waals surface area contributed by atoms with E-state index in [-0.39, 0.29) is 25.0 Å². The number of nitrogens with one attached hydrogen (secondary N) is 1. The molecule has 2 amide bonds. The standard InChI is InChI=1S/C19H26N2O3/c22-18(14-24-17-8-2-1-3-9-17)20-12-19(23)21-11-10-15-6-4-5-7-16(15)13-21/h1-3,8-9,15-16H,4-7,10-14H2,(H,20,22)/t15-,16+/m0/s1. The second kappa shape index (κ2) is 8.18. The molecule has 0 bridgehead atoms. The van der Waals surface area contributed by atoms with Crippen LogP contribution in [0.4, 0.5) is 0 Å². The summed E-state index contributed by atoms with van der Waals surface area (Å²) < 4.78 is 5.38. The number of carbonyl (C=O) groups is 2. The molecule has 5 heteroatoms. The van der Waals surface area contributed by atoms with Gasteiger partial charge in [0.2, 0.25) is 5.91 Å². The summed E-state index contributed by atoms with van der Waals surface area (Å²) in [6.07, 6.45) is 6.30. The molecule has 1 saturated heterocycles. The van der Waals surface area contributed by atoms with Crippen molar-refractivity contribution in [3.05, 3.63) is 30.3 Å². The number of amides is 2. The Kier molecular flexibility index (Phi) is 5.72. The van der Waals surface area contributed by atoms with Crippen LogP contribution >= 0.6 is 0 Å². The Hall–Kier alpha value is -2.04. The molecule has 1 aromatic rings. The van der Waals surface area contributed by atoms with Crippen molar-refractivity contribution < 1.29 is 14.3 Å². The van der Waals surface area contributed by atoms with E-state index in [1.54, 1.807) is 12.1 Å². The first kappa shape index (κ1) is 16.8. The molecular formula is C19H26N2O3. The van der Waals surface area contributed by atoms with Gasteiger partial charge in [-0.25, -0.2) is 0 Å². The summed E-state index contributed by atoms with van der Waals surface area (Å²) in [7, 11) is 0. The largest absolute Gasteiger partial charge is 0.484 e. The molecule has 3 rings (SSSR count). The highest BCUT2D eigenvalue weighted by Crippen LogP contribution is 2.35. The number of rotatable bonds is 5.